The molecule has 0 saturated heterocycles. The molecule has 3 rings (SSSR count). The highest BCUT2D eigenvalue weighted by Crippen LogP contribution is 2.28. The molecule has 0 radical (unpaired) electrons. The number of nitrogens with two attached hydrogens (primary N) is 1. The molecular formula is C14H14F3N5. The van der Waals surface area contributed by atoms with E-state index >= 15 is 0 Å². The molecule has 8 heteroatoms. The molecule has 0 atom stereocenters. The van der Waals surface area contributed by atoms with Gasteiger partial charge in [-0.3, -0.25) is 4.90 Å². The SMILES string of the molecule is Nc1ncccc1CN1CCc2nc(C(F)(F)F)ncc2C1. The summed E-state index contributed by atoms with van der Waals surface area (Å²) in [4.78, 5) is 13.2. The molecule has 1 aliphatic heterocycles. The number of aromatic nitrogens is 3. The van der Waals surface area contributed by atoms with Gasteiger partial charge in [-0.15, -0.1) is 0 Å². The standard InChI is InChI=1S/C14H14F3N5/c15-14(16,17)13-20-6-10-8-22(5-3-11(10)21-13)7-9-2-1-4-19-12(9)18/h1-2,4,6H,3,5,7-8H2,(H2,18,19). The van der Waals surface area contributed by atoms with Crippen molar-refractivity contribution >= 4 is 5.82 Å². The number of alkyl halides is 3. The molecule has 0 unspecified atom stereocenters. The van der Waals surface area contributed by atoms with Gasteiger partial charge >= 0.3 is 6.18 Å². The monoisotopic (exact) mass is 309 g/mol. The van der Waals surface area contributed by atoms with Crippen molar-refractivity contribution in [2.24, 2.45) is 0 Å². The van der Waals surface area contributed by atoms with E-state index in [1.807, 2.05) is 12.1 Å². The Hall–Kier alpha value is -2.22. The van der Waals surface area contributed by atoms with Crippen LogP contribution in [0.2, 0.25) is 0 Å². The van der Waals surface area contributed by atoms with Crippen molar-refractivity contribution in [2.45, 2.75) is 25.7 Å². The van der Waals surface area contributed by atoms with E-state index in [1.54, 1.807) is 6.20 Å². The van der Waals surface area contributed by atoms with E-state index in [9.17, 15) is 13.2 Å². The van der Waals surface area contributed by atoms with Crippen molar-refractivity contribution < 1.29 is 13.2 Å². The smallest absolute Gasteiger partial charge is 0.383 e. The lowest BCUT2D eigenvalue weighted by molar-refractivity contribution is -0.145. The predicted octanol–water partition coefficient (Wildman–Crippen LogP) is 2.03. The van der Waals surface area contributed by atoms with Gasteiger partial charge in [0.25, 0.3) is 0 Å². The van der Waals surface area contributed by atoms with Crippen molar-refractivity contribution in [3.63, 3.8) is 0 Å². The largest absolute Gasteiger partial charge is 0.451 e. The molecular weight excluding hydrogens is 295 g/mol. The highest BCUT2D eigenvalue weighted by molar-refractivity contribution is 5.38. The summed E-state index contributed by atoms with van der Waals surface area (Å²) in [7, 11) is 0. The average Bonchev–Trinajstić information content (AvgIpc) is 2.48. The Kier molecular flexibility index (Phi) is 3.69. The molecule has 1 aliphatic rings. The van der Waals surface area contributed by atoms with Crippen molar-refractivity contribution in [2.75, 3.05) is 12.3 Å². The zero-order chi connectivity index (χ0) is 15.7. The number of nitrogen functional groups attached to an aromatic ring is 1. The number of rotatable bonds is 2. The normalized spacial score (nSPS) is 15.6. The van der Waals surface area contributed by atoms with E-state index in [4.69, 9.17) is 5.73 Å². The second-order valence-electron chi connectivity index (χ2n) is 5.17. The van der Waals surface area contributed by atoms with Gasteiger partial charge < -0.3 is 5.73 Å². The van der Waals surface area contributed by atoms with Crippen LogP contribution in [0.25, 0.3) is 0 Å². The number of hydrogen-bond acceptors (Lipinski definition) is 5. The third-order valence-corrected chi connectivity index (χ3v) is 3.59. The van der Waals surface area contributed by atoms with Crippen LogP contribution in [-0.2, 0) is 25.7 Å². The first-order chi connectivity index (χ1) is 10.4. The fourth-order valence-corrected chi connectivity index (χ4v) is 2.47. The van der Waals surface area contributed by atoms with E-state index in [0.717, 1.165) is 11.1 Å². The maximum Gasteiger partial charge on any atom is 0.451 e. The third kappa shape index (κ3) is 3.01. The summed E-state index contributed by atoms with van der Waals surface area (Å²) in [6.07, 6.45) is -1.15. The van der Waals surface area contributed by atoms with Gasteiger partial charge in [0, 0.05) is 49.6 Å². The molecule has 3 heterocycles. The summed E-state index contributed by atoms with van der Waals surface area (Å²) < 4.78 is 37.8. The number of hydrogen-bond donors (Lipinski definition) is 1. The van der Waals surface area contributed by atoms with Gasteiger partial charge in [-0.1, -0.05) is 6.07 Å². The molecule has 0 spiro atoms. The number of halogens is 3. The Morgan fingerprint density at radius 2 is 2.09 bits per heavy atom. The molecule has 0 amide bonds. The van der Waals surface area contributed by atoms with Gasteiger partial charge in [-0.05, 0) is 6.07 Å². The summed E-state index contributed by atoms with van der Waals surface area (Å²) in [5, 5.41) is 0. The summed E-state index contributed by atoms with van der Waals surface area (Å²) in [6.45, 7) is 1.72. The molecule has 116 valence electrons. The van der Waals surface area contributed by atoms with Crippen molar-refractivity contribution in [3.05, 3.63) is 47.2 Å². The van der Waals surface area contributed by atoms with E-state index in [1.165, 1.54) is 6.20 Å². The fraction of sp³-hybridized carbons (Fsp3) is 0.357. The highest BCUT2D eigenvalue weighted by Gasteiger charge is 2.35. The molecule has 2 aromatic rings. The fourth-order valence-electron chi connectivity index (χ4n) is 2.47. The minimum Gasteiger partial charge on any atom is -0.383 e. The minimum atomic E-state index is -4.50. The summed E-state index contributed by atoms with van der Waals surface area (Å²) >= 11 is 0. The van der Waals surface area contributed by atoms with Crippen molar-refractivity contribution in [3.8, 4) is 0 Å². The molecule has 0 aromatic carbocycles. The molecule has 0 saturated carbocycles. The van der Waals surface area contributed by atoms with E-state index in [0.29, 0.717) is 37.6 Å². The molecule has 2 N–H and O–H groups in total. The highest BCUT2D eigenvalue weighted by atomic mass is 19.4. The van der Waals surface area contributed by atoms with E-state index in [2.05, 4.69) is 19.9 Å². The molecule has 0 aliphatic carbocycles. The van der Waals surface area contributed by atoms with E-state index < -0.39 is 12.0 Å². The zero-order valence-corrected chi connectivity index (χ0v) is 11.6. The van der Waals surface area contributed by atoms with Gasteiger partial charge in [0.05, 0.1) is 5.69 Å². The van der Waals surface area contributed by atoms with Gasteiger partial charge in [0.2, 0.25) is 5.82 Å². The number of fused-ring (bicyclic) bond motifs is 1. The molecule has 0 bridgehead atoms. The zero-order valence-electron chi connectivity index (χ0n) is 11.6. The van der Waals surface area contributed by atoms with Gasteiger partial charge in [-0.2, -0.15) is 13.2 Å². The van der Waals surface area contributed by atoms with Crippen LogP contribution in [-0.4, -0.2) is 26.4 Å². The second kappa shape index (κ2) is 5.53. The number of pyridine rings is 1. The Bertz CT molecular complexity index is 686. The molecule has 2 aromatic heterocycles. The molecule has 0 fully saturated rings. The molecule has 5 nitrogen and oxygen atoms in total. The van der Waals surface area contributed by atoms with Crippen LogP contribution in [0.15, 0.2) is 24.5 Å². The van der Waals surface area contributed by atoms with Crippen LogP contribution in [0.5, 0.6) is 0 Å². The van der Waals surface area contributed by atoms with Crippen LogP contribution in [0.4, 0.5) is 19.0 Å². The Labute approximate surface area is 125 Å². The Balaban J connectivity index is 1.76. The molecule has 22 heavy (non-hydrogen) atoms. The van der Waals surface area contributed by atoms with Crippen molar-refractivity contribution in [1.29, 1.82) is 0 Å². The van der Waals surface area contributed by atoms with Crippen molar-refractivity contribution in [1.82, 2.24) is 19.9 Å². The topological polar surface area (TPSA) is 67.9 Å². The first-order valence-electron chi connectivity index (χ1n) is 6.77. The number of nitrogens with zero attached hydrogens (tertiary/aromatic N) is 4. The lowest BCUT2D eigenvalue weighted by Crippen LogP contribution is -2.32. The maximum absolute atomic E-state index is 12.6. The van der Waals surface area contributed by atoms with Crippen LogP contribution in [0.3, 0.4) is 0 Å². The lowest BCUT2D eigenvalue weighted by atomic mass is 10.1. The van der Waals surface area contributed by atoms with E-state index in [-0.39, 0.29) is 0 Å². The average molecular weight is 309 g/mol. The maximum atomic E-state index is 12.6. The summed E-state index contributed by atoms with van der Waals surface area (Å²) in [5.74, 6) is -0.604. The van der Waals surface area contributed by atoms with Crippen LogP contribution in [0, 0.1) is 0 Å². The first-order valence-corrected chi connectivity index (χ1v) is 6.77. The quantitative estimate of drug-likeness (QED) is 0.919. The first kappa shape index (κ1) is 14.7. The van der Waals surface area contributed by atoms with Gasteiger partial charge in [0.15, 0.2) is 0 Å². The minimum absolute atomic E-state index is 0.459. The lowest BCUT2D eigenvalue weighted by Gasteiger charge is -2.28. The van der Waals surface area contributed by atoms with Crippen LogP contribution in [0.1, 0.15) is 22.6 Å². The second-order valence-corrected chi connectivity index (χ2v) is 5.17. The summed E-state index contributed by atoms with van der Waals surface area (Å²) in [5.41, 5.74) is 7.91. The Morgan fingerprint density at radius 1 is 1.27 bits per heavy atom. The van der Waals surface area contributed by atoms with Crippen LogP contribution < -0.4 is 5.73 Å². The Morgan fingerprint density at radius 3 is 2.82 bits per heavy atom. The third-order valence-electron chi connectivity index (χ3n) is 3.59. The predicted molar refractivity (Wildman–Crippen MR) is 73.5 cm³/mol. The summed E-state index contributed by atoms with van der Waals surface area (Å²) in [6, 6.07) is 3.70. The van der Waals surface area contributed by atoms with Gasteiger partial charge in [0.1, 0.15) is 5.82 Å². The number of anilines is 1. The van der Waals surface area contributed by atoms with Gasteiger partial charge in [-0.25, -0.2) is 15.0 Å². The van der Waals surface area contributed by atoms with Crippen LogP contribution >= 0.6 is 0 Å².